The molecule has 0 aliphatic carbocycles. The molecule has 12 nitrogen and oxygen atoms in total. The number of imidazole rings is 1. The lowest BCUT2D eigenvalue weighted by Crippen LogP contribution is -2.37. The molecule has 0 bridgehead atoms. The summed E-state index contributed by atoms with van der Waals surface area (Å²) in [5.41, 5.74) is 8.08. The Labute approximate surface area is 173 Å². The van der Waals surface area contributed by atoms with Crippen LogP contribution < -0.4 is 10.6 Å². The zero-order chi connectivity index (χ0) is 21.3. The second-order valence-electron chi connectivity index (χ2n) is 7.00. The van der Waals surface area contributed by atoms with E-state index in [4.69, 9.17) is 20.4 Å². The third-order valence-electron chi connectivity index (χ3n) is 4.91. The van der Waals surface area contributed by atoms with Crippen LogP contribution in [0.15, 0.2) is 18.7 Å². The average Bonchev–Trinajstić information content (AvgIpc) is 3.15. The highest BCUT2D eigenvalue weighted by atomic mass is 32.2. The number of morpholine rings is 1. The van der Waals surface area contributed by atoms with Gasteiger partial charge in [0.25, 0.3) is 0 Å². The first kappa shape index (κ1) is 20.4. The molecule has 0 aromatic carbocycles. The van der Waals surface area contributed by atoms with Crippen LogP contribution in [0, 0.1) is 0 Å². The highest BCUT2D eigenvalue weighted by Gasteiger charge is 2.21. The fourth-order valence-electron chi connectivity index (χ4n) is 3.08. The monoisotopic (exact) mass is 433 g/mol. The van der Waals surface area contributed by atoms with Gasteiger partial charge in [0.1, 0.15) is 11.2 Å². The minimum atomic E-state index is -3.27. The third kappa shape index (κ3) is 4.17. The Bertz CT molecular complexity index is 1140. The predicted molar refractivity (Wildman–Crippen MR) is 111 cm³/mol. The second-order valence-corrected chi connectivity index (χ2v) is 9.09. The molecule has 4 rings (SSSR count). The number of likely N-dealkylation sites (N-methyl/N-ethyl adjacent to an activating group) is 1. The summed E-state index contributed by atoms with van der Waals surface area (Å²) in [6.45, 7) is 3.24. The number of hydrogen-bond donors (Lipinski definition) is 1. The molecule has 0 atom stereocenters. The van der Waals surface area contributed by atoms with Crippen LogP contribution >= 0.6 is 0 Å². The molecule has 2 N–H and O–H groups in total. The van der Waals surface area contributed by atoms with Crippen LogP contribution in [0.25, 0.3) is 22.4 Å². The van der Waals surface area contributed by atoms with Crippen molar-refractivity contribution in [3.63, 3.8) is 0 Å². The molecule has 30 heavy (non-hydrogen) atoms. The molecule has 0 saturated carbocycles. The van der Waals surface area contributed by atoms with Gasteiger partial charge in [-0.2, -0.15) is 4.98 Å². The molecule has 0 radical (unpaired) electrons. The van der Waals surface area contributed by atoms with E-state index in [-0.39, 0.29) is 5.95 Å². The Morgan fingerprint density at radius 1 is 1.17 bits per heavy atom. The van der Waals surface area contributed by atoms with Crippen LogP contribution in [-0.2, 0) is 21.3 Å². The molecule has 1 aliphatic heterocycles. The summed E-state index contributed by atoms with van der Waals surface area (Å²) in [6, 6.07) is 0. The van der Waals surface area contributed by atoms with Crippen molar-refractivity contribution < 1.29 is 13.2 Å². The van der Waals surface area contributed by atoms with E-state index in [0.29, 0.717) is 67.8 Å². The number of aromatic nitrogens is 6. The highest BCUT2D eigenvalue weighted by Crippen LogP contribution is 2.27. The Hall–Kier alpha value is -2.90. The predicted octanol–water partition coefficient (Wildman–Crippen LogP) is -0.406. The van der Waals surface area contributed by atoms with Crippen molar-refractivity contribution in [3.8, 4) is 11.3 Å². The van der Waals surface area contributed by atoms with Gasteiger partial charge in [-0.25, -0.2) is 32.7 Å². The summed E-state index contributed by atoms with van der Waals surface area (Å²) in [7, 11) is -1.73. The SMILES string of the molecule is CN(CCn1cnc2c(-c3cnc(N)nc3)nc(N3CCOCC3)nc21)S(C)(=O)=O. The summed E-state index contributed by atoms with van der Waals surface area (Å²) in [6.07, 6.45) is 6.02. The lowest BCUT2D eigenvalue weighted by atomic mass is 10.2. The van der Waals surface area contributed by atoms with Crippen molar-refractivity contribution in [2.75, 3.05) is 56.8 Å². The maximum Gasteiger partial charge on any atom is 0.228 e. The molecule has 13 heteroatoms. The fraction of sp³-hybridized carbons (Fsp3) is 0.471. The van der Waals surface area contributed by atoms with Crippen LogP contribution in [0.5, 0.6) is 0 Å². The van der Waals surface area contributed by atoms with E-state index >= 15 is 0 Å². The van der Waals surface area contributed by atoms with E-state index in [9.17, 15) is 8.42 Å². The number of rotatable bonds is 6. The lowest BCUT2D eigenvalue weighted by Gasteiger charge is -2.27. The number of ether oxygens (including phenoxy) is 1. The summed E-state index contributed by atoms with van der Waals surface area (Å²) in [5.74, 6) is 0.725. The quantitative estimate of drug-likeness (QED) is 0.544. The molecule has 160 valence electrons. The van der Waals surface area contributed by atoms with Crippen molar-refractivity contribution in [1.29, 1.82) is 0 Å². The topological polar surface area (TPSA) is 145 Å². The van der Waals surface area contributed by atoms with E-state index in [1.807, 2.05) is 9.47 Å². The standard InChI is InChI=1S/C17H23N9O3S/c1-24(30(2,27)28)3-4-26-11-21-14-13(12-9-19-16(18)20-10-12)22-17(23-15(14)26)25-5-7-29-8-6-25/h9-11H,3-8H2,1-2H3,(H2,18,19,20). The average molecular weight is 433 g/mol. The molecular formula is C17H23N9O3S. The van der Waals surface area contributed by atoms with Gasteiger partial charge in [0.15, 0.2) is 5.65 Å². The van der Waals surface area contributed by atoms with Gasteiger partial charge < -0.3 is 19.9 Å². The number of nitrogens with zero attached hydrogens (tertiary/aromatic N) is 8. The number of nitrogens with two attached hydrogens (primary N) is 1. The fourth-order valence-corrected chi connectivity index (χ4v) is 3.49. The number of fused-ring (bicyclic) bond motifs is 1. The lowest BCUT2D eigenvalue weighted by molar-refractivity contribution is 0.122. The summed E-state index contributed by atoms with van der Waals surface area (Å²) in [5, 5.41) is 0. The maximum absolute atomic E-state index is 11.7. The Kier molecular flexibility index (Phi) is 5.49. The van der Waals surface area contributed by atoms with Gasteiger partial charge in [-0.3, -0.25) is 0 Å². The molecule has 1 fully saturated rings. The van der Waals surface area contributed by atoms with Gasteiger partial charge in [-0.15, -0.1) is 0 Å². The van der Waals surface area contributed by atoms with Crippen LogP contribution in [0.2, 0.25) is 0 Å². The second kappa shape index (κ2) is 8.08. The van der Waals surface area contributed by atoms with Crippen LogP contribution in [-0.4, -0.2) is 88.4 Å². The van der Waals surface area contributed by atoms with Crippen molar-refractivity contribution >= 4 is 33.1 Å². The van der Waals surface area contributed by atoms with E-state index < -0.39 is 10.0 Å². The van der Waals surface area contributed by atoms with Gasteiger partial charge in [0.2, 0.25) is 21.9 Å². The number of sulfonamides is 1. The number of nitrogen functional groups attached to an aromatic ring is 1. The Morgan fingerprint density at radius 2 is 1.87 bits per heavy atom. The van der Waals surface area contributed by atoms with Gasteiger partial charge in [-0.1, -0.05) is 0 Å². The summed E-state index contributed by atoms with van der Waals surface area (Å²) >= 11 is 0. The van der Waals surface area contributed by atoms with E-state index in [1.165, 1.54) is 10.6 Å². The van der Waals surface area contributed by atoms with Gasteiger partial charge in [0, 0.05) is 51.2 Å². The number of anilines is 2. The molecular weight excluding hydrogens is 410 g/mol. The smallest absolute Gasteiger partial charge is 0.228 e. The van der Waals surface area contributed by atoms with Crippen molar-refractivity contribution in [3.05, 3.63) is 18.7 Å². The maximum atomic E-state index is 11.7. The minimum Gasteiger partial charge on any atom is -0.378 e. The largest absolute Gasteiger partial charge is 0.378 e. The number of hydrogen-bond acceptors (Lipinski definition) is 10. The van der Waals surface area contributed by atoms with Crippen molar-refractivity contribution in [2.24, 2.45) is 0 Å². The van der Waals surface area contributed by atoms with Crippen molar-refractivity contribution in [2.45, 2.75) is 6.54 Å². The summed E-state index contributed by atoms with van der Waals surface area (Å²) < 4.78 is 32.0. The van der Waals surface area contributed by atoms with E-state index in [0.717, 1.165) is 0 Å². The highest BCUT2D eigenvalue weighted by molar-refractivity contribution is 7.88. The van der Waals surface area contributed by atoms with E-state index in [1.54, 1.807) is 25.8 Å². The van der Waals surface area contributed by atoms with Crippen LogP contribution in [0.4, 0.5) is 11.9 Å². The first-order chi connectivity index (χ1) is 14.3. The molecule has 3 aromatic heterocycles. The molecule has 0 unspecified atom stereocenters. The molecule has 4 heterocycles. The van der Waals surface area contributed by atoms with E-state index in [2.05, 4.69) is 15.0 Å². The zero-order valence-electron chi connectivity index (χ0n) is 16.8. The molecule has 0 spiro atoms. The molecule has 1 saturated heterocycles. The van der Waals surface area contributed by atoms with Crippen molar-refractivity contribution in [1.82, 2.24) is 33.8 Å². The minimum absolute atomic E-state index is 0.173. The molecule has 3 aromatic rings. The molecule has 1 aliphatic rings. The van der Waals surface area contributed by atoms with Gasteiger partial charge in [0.05, 0.1) is 25.8 Å². The Balaban J connectivity index is 1.77. The van der Waals surface area contributed by atoms with Crippen LogP contribution in [0.1, 0.15) is 0 Å². The Morgan fingerprint density at radius 3 is 2.53 bits per heavy atom. The zero-order valence-corrected chi connectivity index (χ0v) is 17.6. The summed E-state index contributed by atoms with van der Waals surface area (Å²) in [4.78, 5) is 24.1. The van der Waals surface area contributed by atoms with Gasteiger partial charge in [-0.05, 0) is 0 Å². The first-order valence-electron chi connectivity index (χ1n) is 9.37. The van der Waals surface area contributed by atoms with Crippen LogP contribution in [0.3, 0.4) is 0 Å². The first-order valence-corrected chi connectivity index (χ1v) is 11.2. The third-order valence-corrected chi connectivity index (χ3v) is 6.23. The molecule has 0 amide bonds. The normalized spacial score (nSPS) is 15.2. The van der Waals surface area contributed by atoms with Gasteiger partial charge >= 0.3 is 0 Å².